The van der Waals surface area contributed by atoms with Crippen LogP contribution in [0.15, 0.2) is 11.0 Å². The van der Waals surface area contributed by atoms with Gasteiger partial charge in [0.25, 0.3) is 5.56 Å². The van der Waals surface area contributed by atoms with E-state index in [2.05, 4.69) is 30.9 Å². The lowest BCUT2D eigenvalue weighted by Crippen LogP contribution is -2.24. The first-order valence-corrected chi connectivity index (χ1v) is 6.26. The van der Waals surface area contributed by atoms with Crippen LogP contribution in [0.1, 0.15) is 5.01 Å². The van der Waals surface area contributed by atoms with Crippen LogP contribution in [0.3, 0.4) is 0 Å². The van der Waals surface area contributed by atoms with Crippen molar-refractivity contribution in [3.05, 3.63) is 21.6 Å². The standard InChI is InChI=1S/C9H10N8OS/c1-10-9-14-12-6(19-9)4-17-8(18)5-3-11-16(2)7(5)13-15-17/h3H,4H2,1-2H3,(H,10,14). The van der Waals surface area contributed by atoms with E-state index in [4.69, 9.17) is 0 Å². The molecule has 0 bridgehead atoms. The molecule has 0 aromatic carbocycles. The van der Waals surface area contributed by atoms with Crippen LogP contribution in [0.4, 0.5) is 5.13 Å². The Morgan fingerprint density at radius 1 is 1.37 bits per heavy atom. The second-order valence-electron chi connectivity index (χ2n) is 3.81. The predicted octanol–water partition coefficient (Wildman–Crippen LogP) is -0.534. The molecule has 9 nitrogen and oxygen atoms in total. The highest BCUT2D eigenvalue weighted by atomic mass is 32.1. The molecule has 3 heterocycles. The fourth-order valence-electron chi connectivity index (χ4n) is 1.63. The van der Waals surface area contributed by atoms with Crippen molar-refractivity contribution in [3.63, 3.8) is 0 Å². The summed E-state index contributed by atoms with van der Waals surface area (Å²) in [5, 5.41) is 24.4. The van der Waals surface area contributed by atoms with Gasteiger partial charge in [-0.2, -0.15) is 5.10 Å². The summed E-state index contributed by atoms with van der Waals surface area (Å²) in [5.74, 6) is 0. The van der Waals surface area contributed by atoms with E-state index in [0.717, 1.165) is 0 Å². The minimum Gasteiger partial charge on any atom is -0.363 e. The fourth-order valence-corrected chi connectivity index (χ4v) is 2.30. The van der Waals surface area contributed by atoms with E-state index in [-0.39, 0.29) is 12.1 Å². The maximum Gasteiger partial charge on any atom is 0.281 e. The van der Waals surface area contributed by atoms with Gasteiger partial charge in [0.05, 0.1) is 6.20 Å². The topological polar surface area (TPSA) is 103 Å². The van der Waals surface area contributed by atoms with Crippen LogP contribution >= 0.6 is 11.3 Å². The van der Waals surface area contributed by atoms with Gasteiger partial charge in [-0.05, 0) is 0 Å². The number of anilines is 1. The van der Waals surface area contributed by atoms with Gasteiger partial charge >= 0.3 is 0 Å². The van der Waals surface area contributed by atoms with Crippen LogP contribution in [0.5, 0.6) is 0 Å². The van der Waals surface area contributed by atoms with E-state index in [0.29, 0.717) is 21.2 Å². The third-order valence-corrected chi connectivity index (χ3v) is 3.51. The Hall–Kier alpha value is -2.36. The molecule has 0 atom stereocenters. The summed E-state index contributed by atoms with van der Waals surface area (Å²) >= 11 is 1.37. The zero-order valence-corrected chi connectivity index (χ0v) is 11.0. The van der Waals surface area contributed by atoms with Crippen molar-refractivity contribution >= 4 is 27.5 Å². The maximum absolute atomic E-state index is 12.2. The first-order chi connectivity index (χ1) is 9.19. The van der Waals surface area contributed by atoms with Crippen LogP contribution in [0.25, 0.3) is 11.0 Å². The third kappa shape index (κ3) is 1.95. The zero-order valence-electron chi connectivity index (χ0n) is 10.2. The molecule has 0 saturated heterocycles. The molecule has 0 radical (unpaired) electrons. The number of rotatable bonds is 3. The molecule has 0 unspecified atom stereocenters. The SMILES string of the molecule is CNc1nnc(Cn2nnc3c(cnn3C)c2=O)s1. The maximum atomic E-state index is 12.2. The molecule has 0 aliphatic carbocycles. The molecular weight excluding hydrogens is 268 g/mol. The molecule has 3 aromatic heterocycles. The lowest BCUT2D eigenvalue weighted by atomic mass is 10.4. The van der Waals surface area contributed by atoms with Crippen LogP contribution in [-0.2, 0) is 13.6 Å². The first kappa shape index (κ1) is 11.7. The summed E-state index contributed by atoms with van der Waals surface area (Å²) in [6.45, 7) is 0.246. The number of nitrogens with zero attached hydrogens (tertiary/aromatic N) is 7. The van der Waals surface area contributed by atoms with E-state index in [1.54, 1.807) is 14.1 Å². The zero-order chi connectivity index (χ0) is 13.4. The van der Waals surface area contributed by atoms with Gasteiger partial charge in [-0.25, -0.2) is 9.36 Å². The molecule has 0 saturated carbocycles. The van der Waals surface area contributed by atoms with E-state index < -0.39 is 0 Å². The molecule has 3 aromatic rings. The Labute approximate surface area is 110 Å². The van der Waals surface area contributed by atoms with Gasteiger partial charge in [0.15, 0.2) is 5.65 Å². The summed E-state index contributed by atoms with van der Waals surface area (Å²) in [6.07, 6.45) is 1.49. The second-order valence-corrected chi connectivity index (χ2v) is 4.87. The average Bonchev–Trinajstić information content (AvgIpc) is 3.00. The average molecular weight is 278 g/mol. The molecule has 98 valence electrons. The highest BCUT2D eigenvalue weighted by molar-refractivity contribution is 7.15. The highest BCUT2D eigenvalue weighted by Gasteiger charge is 2.11. The molecular formula is C9H10N8OS. The summed E-state index contributed by atoms with van der Waals surface area (Å²) in [4.78, 5) is 12.2. The molecule has 0 spiro atoms. The lowest BCUT2D eigenvalue weighted by Gasteiger charge is -1.99. The Balaban J connectivity index is 2.01. The fraction of sp³-hybridized carbons (Fsp3) is 0.333. The van der Waals surface area contributed by atoms with Crippen LogP contribution in [0.2, 0.25) is 0 Å². The van der Waals surface area contributed by atoms with E-state index in [1.807, 2.05) is 0 Å². The Morgan fingerprint density at radius 2 is 2.21 bits per heavy atom. The van der Waals surface area contributed by atoms with E-state index in [1.165, 1.54) is 26.9 Å². The van der Waals surface area contributed by atoms with Gasteiger partial charge < -0.3 is 5.32 Å². The summed E-state index contributed by atoms with van der Waals surface area (Å²) < 4.78 is 2.77. The van der Waals surface area contributed by atoms with Crippen LogP contribution in [-0.4, -0.2) is 42.0 Å². The van der Waals surface area contributed by atoms with Crippen molar-refractivity contribution in [2.45, 2.75) is 6.54 Å². The number of aryl methyl sites for hydroxylation is 1. The third-order valence-electron chi connectivity index (χ3n) is 2.59. The van der Waals surface area contributed by atoms with Gasteiger partial charge in [0, 0.05) is 14.1 Å². The Morgan fingerprint density at radius 3 is 2.95 bits per heavy atom. The minimum atomic E-state index is -0.237. The lowest BCUT2D eigenvalue weighted by molar-refractivity contribution is 0.590. The van der Waals surface area contributed by atoms with Crippen LogP contribution in [0, 0.1) is 0 Å². The van der Waals surface area contributed by atoms with Crippen molar-refractivity contribution in [1.29, 1.82) is 0 Å². The number of fused-ring (bicyclic) bond motifs is 1. The van der Waals surface area contributed by atoms with Crippen LogP contribution < -0.4 is 10.9 Å². The monoisotopic (exact) mass is 278 g/mol. The number of aromatic nitrogens is 7. The first-order valence-electron chi connectivity index (χ1n) is 5.44. The summed E-state index contributed by atoms with van der Waals surface area (Å²) in [5.41, 5.74) is 0.230. The molecule has 19 heavy (non-hydrogen) atoms. The van der Waals surface area contributed by atoms with Gasteiger partial charge in [0.1, 0.15) is 16.9 Å². The van der Waals surface area contributed by atoms with Gasteiger partial charge in [0.2, 0.25) is 5.13 Å². The van der Waals surface area contributed by atoms with E-state index >= 15 is 0 Å². The molecule has 0 amide bonds. The quantitative estimate of drug-likeness (QED) is 0.686. The summed E-state index contributed by atoms with van der Waals surface area (Å²) in [7, 11) is 3.47. The van der Waals surface area contributed by atoms with Crippen molar-refractivity contribution in [3.8, 4) is 0 Å². The number of nitrogens with one attached hydrogen (secondary N) is 1. The van der Waals surface area contributed by atoms with Crippen molar-refractivity contribution in [2.24, 2.45) is 7.05 Å². The molecule has 0 fully saturated rings. The number of hydrogen-bond acceptors (Lipinski definition) is 8. The van der Waals surface area contributed by atoms with Crippen molar-refractivity contribution < 1.29 is 0 Å². The largest absolute Gasteiger partial charge is 0.363 e. The van der Waals surface area contributed by atoms with Crippen molar-refractivity contribution in [2.75, 3.05) is 12.4 Å². The Bertz CT molecular complexity index is 787. The van der Waals surface area contributed by atoms with Gasteiger partial charge in [-0.3, -0.25) is 4.79 Å². The Kier molecular flexibility index (Phi) is 2.71. The van der Waals surface area contributed by atoms with Gasteiger partial charge in [-0.1, -0.05) is 16.6 Å². The normalized spacial score (nSPS) is 11.1. The molecule has 3 rings (SSSR count). The smallest absolute Gasteiger partial charge is 0.281 e. The minimum absolute atomic E-state index is 0.237. The molecule has 10 heteroatoms. The molecule has 1 N–H and O–H groups in total. The molecule has 0 aliphatic rings. The van der Waals surface area contributed by atoms with E-state index in [9.17, 15) is 4.79 Å². The number of hydrogen-bond donors (Lipinski definition) is 1. The van der Waals surface area contributed by atoms with Crippen molar-refractivity contribution in [1.82, 2.24) is 35.0 Å². The highest BCUT2D eigenvalue weighted by Crippen LogP contribution is 2.14. The van der Waals surface area contributed by atoms with Gasteiger partial charge in [-0.15, -0.1) is 15.3 Å². The summed E-state index contributed by atoms with van der Waals surface area (Å²) in [6, 6.07) is 0. The predicted molar refractivity (Wildman–Crippen MR) is 69.1 cm³/mol. The molecule has 0 aliphatic heterocycles. The second kappa shape index (κ2) is 4.39.